The lowest BCUT2D eigenvalue weighted by Crippen LogP contribution is -2.53. The first-order valence-electron chi connectivity index (χ1n) is 12.5. The highest BCUT2D eigenvalue weighted by Gasteiger charge is 2.30. The van der Waals surface area contributed by atoms with Crippen molar-refractivity contribution in [2.45, 2.75) is 25.9 Å². The molecule has 0 saturated carbocycles. The summed E-state index contributed by atoms with van der Waals surface area (Å²) in [5.74, 6) is 1.05. The number of hydrogen-bond acceptors (Lipinski definition) is 10. The number of rotatable bonds is 5. The number of ether oxygens (including phenoxy) is 2. The lowest BCUT2D eigenvalue weighted by molar-refractivity contribution is 0.0593. The Labute approximate surface area is 225 Å². The Morgan fingerprint density at radius 2 is 1.87 bits per heavy atom. The second-order valence-corrected chi connectivity index (χ2v) is 9.74. The molecule has 2 aliphatic heterocycles. The van der Waals surface area contributed by atoms with Gasteiger partial charge >= 0.3 is 5.97 Å². The minimum Gasteiger partial charge on any atom is -0.464 e. The van der Waals surface area contributed by atoms with E-state index in [-0.39, 0.29) is 28.7 Å². The monoisotopic (exact) mass is 541 g/mol. The fraction of sp³-hybridized carbons (Fsp3) is 0.423. The average molecular weight is 542 g/mol. The second kappa shape index (κ2) is 11.0. The van der Waals surface area contributed by atoms with Crippen molar-refractivity contribution in [2.24, 2.45) is 0 Å². The van der Waals surface area contributed by atoms with Crippen LogP contribution in [0.2, 0.25) is 5.15 Å². The number of nitrogens with zero attached hydrogens (tertiary/aromatic N) is 7. The zero-order valence-corrected chi connectivity index (χ0v) is 22.2. The number of carbonyl (C=O) groups is 1. The molecule has 2 aromatic heterocycles. The first-order chi connectivity index (χ1) is 18.3. The standard InChI is InChI=1S/C26H29ClFN7O3/c1-16-14-33(24-23(27)30-21(13-29-24)25(36)37-3)8-9-34(16)22-12-20(18-4-6-19(28)7-5-18)31-26(32-22)35-10-11-38-15-17(35)2/h4-7,12-13,16-17H,8-11,14-15H2,1-3H3/t16-,17-/m1/s1. The first-order valence-corrected chi connectivity index (χ1v) is 12.8. The van der Waals surface area contributed by atoms with Gasteiger partial charge in [-0.05, 0) is 38.1 Å². The van der Waals surface area contributed by atoms with E-state index in [1.807, 2.05) is 11.0 Å². The predicted molar refractivity (Wildman–Crippen MR) is 142 cm³/mol. The first kappa shape index (κ1) is 26.1. The normalized spacial score (nSPS) is 20.0. The zero-order chi connectivity index (χ0) is 26.8. The third-order valence-corrected chi connectivity index (χ3v) is 7.05. The number of methoxy groups -OCH3 is 1. The molecule has 3 aromatic rings. The van der Waals surface area contributed by atoms with Gasteiger partial charge in [-0.3, -0.25) is 0 Å². The summed E-state index contributed by atoms with van der Waals surface area (Å²) in [6.45, 7) is 7.98. The third kappa shape index (κ3) is 5.34. The van der Waals surface area contributed by atoms with E-state index in [2.05, 4.69) is 33.6 Å². The van der Waals surface area contributed by atoms with Crippen molar-refractivity contribution < 1.29 is 18.7 Å². The second-order valence-electron chi connectivity index (χ2n) is 9.39. The maximum atomic E-state index is 13.6. The molecule has 38 heavy (non-hydrogen) atoms. The molecule has 0 spiro atoms. The van der Waals surface area contributed by atoms with Gasteiger partial charge in [0.15, 0.2) is 16.7 Å². The van der Waals surface area contributed by atoms with E-state index in [9.17, 15) is 9.18 Å². The van der Waals surface area contributed by atoms with Crippen LogP contribution in [0.3, 0.4) is 0 Å². The van der Waals surface area contributed by atoms with E-state index in [0.29, 0.717) is 51.2 Å². The molecule has 5 rings (SSSR count). The highest BCUT2D eigenvalue weighted by molar-refractivity contribution is 6.31. The van der Waals surface area contributed by atoms with E-state index in [4.69, 9.17) is 31.0 Å². The van der Waals surface area contributed by atoms with Gasteiger partial charge in [-0.1, -0.05) is 11.6 Å². The summed E-state index contributed by atoms with van der Waals surface area (Å²) in [5, 5.41) is 0.151. The molecule has 2 fully saturated rings. The number of anilines is 3. The van der Waals surface area contributed by atoms with Gasteiger partial charge in [-0.25, -0.2) is 24.1 Å². The van der Waals surface area contributed by atoms with Gasteiger partial charge < -0.3 is 24.2 Å². The molecule has 0 amide bonds. The van der Waals surface area contributed by atoms with Crippen LogP contribution in [-0.2, 0) is 9.47 Å². The van der Waals surface area contributed by atoms with E-state index in [1.54, 1.807) is 12.1 Å². The Morgan fingerprint density at radius 3 is 2.55 bits per heavy atom. The van der Waals surface area contributed by atoms with Gasteiger partial charge in [-0.15, -0.1) is 0 Å². The molecule has 2 saturated heterocycles. The van der Waals surface area contributed by atoms with Crippen LogP contribution in [0.4, 0.5) is 22.0 Å². The van der Waals surface area contributed by atoms with E-state index in [0.717, 1.165) is 17.1 Å². The predicted octanol–water partition coefficient (Wildman–Crippen LogP) is 3.45. The van der Waals surface area contributed by atoms with Crippen molar-refractivity contribution in [1.29, 1.82) is 0 Å². The van der Waals surface area contributed by atoms with Crippen LogP contribution in [0.1, 0.15) is 24.3 Å². The summed E-state index contributed by atoms with van der Waals surface area (Å²) in [5.41, 5.74) is 1.61. The largest absolute Gasteiger partial charge is 0.464 e. The van der Waals surface area contributed by atoms with E-state index in [1.165, 1.54) is 25.4 Å². The highest BCUT2D eigenvalue weighted by Crippen LogP contribution is 2.30. The quantitative estimate of drug-likeness (QED) is 0.447. The fourth-order valence-electron chi connectivity index (χ4n) is 4.76. The molecule has 1 aromatic carbocycles. The summed E-state index contributed by atoms with van der Waals surface area (Å²) in [6, 6.07) is 8.46. The third-order valence-electron chi connectivity index (χ3n) is 6.79. The maximum Gasteiger partial charge on any atom is 0.358 e. The lowest BCUT2D eigenvalue weighted by atomic mass is 10.1. The van der Waals surface area contributed by atoms with Crippen LogP contribution in [0.25, 0.3) is 11.3 Å². The lowest BCUT2D eigenvalue weighted by Gasteiger charge is -2.41. The number of aromatic nitrogens is 4. The molecule has 200 valence electrons. The van der Waals surface area contributed by atoms with Gasteiger partial charge in [0, 0.05) is 43.9 Å². The molecule has 0 N–H and O–H groups in total. The number of benzene rings is 1. The number of halogens is 2. The Morgan fingerprint density at radius 1 is 1.08 bits per heavy atom. The van der Waals surface area contributed by atoms with Crippen molar-refractivity contribution >= 4 is 35.2 Å². The molecule has 10 nitrogen and oxygen atoms in total. The molecule has 2 atom stereocenters. The molecule has 12 heteroatoms. The SMILES string of the molecule is COC(=O)c1cnc(N2CCN(c3cc(-c4ccc(F)cc4)nc(N4CCOC[C@H]4C)n3)[C@H](C)C2)c(Cl)n1. The van der Waals surface area contributed by atoms with Gasteiger partial charge in [-0.2, -0.15) is 4.98 Å². The minimum absolute atomic E-state index is 0.0489. The summed E-state index contributed by atoms with van der Waals surface area (Å²) in [7, 11) is 1.28. The van der Waals surface area contributed by atoms with Gasteiger partial charge in [0.1, 0.15) is 11.6 Å². The van der Waals surface area contributed by atoms with Crippen LogP contribution in [-0.4, -0.2) is 84.5 Å². The Balaban J connectivity index is 1.43. The van der Waals surface area contributed by atoms with Gasteiger partial charge in [0.2, 0.25) is 5.95 Å². The van der Waals surface area contributed by atoms with Crippen molar-refractivity contribution in [2.75, 3.05) is 61.2 Å². The highest BCUT2D eigenvalue weighted by atomic mass is 35.5. The molecule has 0 unspecified atom stereocenters. The van der Waals surface area contributed by atoms with Crippen molar-refractivity contribution in [3.63, 3.8) is 0 Å². The molecule has 0 aliphatic carbocycles. The van der Waals surface area contributed by atoms with Gasteiger partial charge in [0.05, 0.1) is 38.3 Å². The molecular weight excluding hydrogens is 513 g/mol. The summed E-state index contributed by atoms with van der Waals surface area (Å²) in [6.07, 6.45) is 1.37. The molecule has 2 aliphatic rings. The molecule has 0 bridgehead atoms. The van der Waals surface area contributed by atoms with Gasteiger partial charge in [0.25, 0.3) is 0 Å². The number of esters is 1. The molecule has 0 radical (unpaired) electrons. The number of carbonyl (C=O) groups excluding carboxylic acids is 1. The molecule has 4 heterocycles. The summed E-state index contributed by atoms with van der Waals surface area (Å²) >= 11 is 6.39. The Hall–Kier alpha value is -3.57. The maximum absolute atomic E-state index is 13.6. The van der Waals surface area contributed by atoms with Crippen LogP contribution in [0.15, 0.2) is 36.5 Å². The van der Waals surface area contributed by atoms with Crippen molar-refractivity contribution in [3.8, 4) is 11.3 Å². The van der Waals surface area contributed by atoms with E-state index >= 15 is 0 Å². The Bertz CT molecular complexity index is 1310. The minimum atomic E-state index is -0.588. The number of morpholine rings is 1. The van der Waals surface area contributed by atoms with Crippen LogP contribution in [0.5, 0.6) is 0 Å². The number of hydrogen-bond donors (Lipinski definition) is 0. The fourth-order valence-corrected chi connectivity index (χ4v) is 5.02. The van der Waals surface area contributed by atoms with Crippen LogP contribution in [0, 0.1) is 5.82 Å². The summed E-state index contributed by atoms with van der Waals surface area (Å²) < 4.78 is 23.9. The Kier molecular flexibility index (Phi) is 7.57. The van der Waals surface area contributed by atoms with Crippen LogP contribution < -0.4 is 14.7 Å². The smallest absolute Gasteiger partial charge is 0.358 e. The van der Waals surface area contributed by atoms with Crippen molar-refractivity contribution in [1.82, 2.24) is 19.9 Å². The van der Waals surface area contributed by atoms with Crippen LogP contribution >= 0.6 is 11.6 Å². The van der Waals surface area contributed by atoms with Crippen molar-refractivity contribution in [3.05, 3.63) is 53.2 Å². The number of piperazine rings is 1. The topological polar surface area (TPSA) is 96.8 Å². The zero-order valence-electron chi connectivity index (χ0n) is 21.5. The van der Waals surface area contributed by atoms with E-state index < -0.39 is 5.97 Å². The molecular formula is C26H29ClFN7O3. The average Bonchev–Trinajstić information content (AvgIpc) is 2.93. The summed E-state index contributed by atoms with van der Waals surface area (Å²) in [4.78, 5) is 36.6.